The maximum Gasteiger partial charge on any atom is 0.214 e. The Labute approximate surface area is 64.8 Å². The first-order valence-electron chi connectivity index (χ1n) is 3.25. The number of hydrogen-bond acceptors (Lipinski definition) is 3. The Balaban J connectivity index is 2.71. The first-order chi connectivity index (χ1) is 5.18. The summed E-state index contributed by atoms with van der Waals surface area (Å²) < 4.78 is 12.4. The van der Waals surface area contributed by atoms with E-state index >= 15 is 0 Å². The standard InChI is InChI=1S/C7H10FN3/c1-11(2)10-7-5-3-4-6(8)9-7/h3-5H,1-2H3,(H,9,10). The largest absolute Gasteiger partial charge is 0.304 e. The molecule has 0 aliphatic carbocycles. The number of nitrogens with zero attached hydrogens (tertiary/aromatic N) is 2. The van der Waals surface area contributed by atoms with Gasteiger partial charge in [0.25, 0.3) is 0 Å². The minimum absolute atomic E-state index is 0.475. The van der Waals surface area contributed by atoms with Gasteiger partial charge in [-0.15, -0.1) is 0 Å². The number of rotatable bonds is 2. The zero-order chi connectivity index (χ0) is 8.27. The SMILES string of the molecule is CN(C)Nc1cccc(F)n1. The van der Waals surface area contributed by atoms with E-state index in [0.717, 1.165) is 0 Å². The monoisotopic (exact) mass is 155 g/mol. The number of hydrogen-bond donors (Lipinski definition) is 1. The van der Waals surface area contributed by atoms with E-state index in [-0.39, 0.29) is 0 Å². The van der Waals surface area contributed by atoms with Crippen molar-refractivity contribution in [2.24, 2.45) is 0 Å². The Hall–Kier alpha value is -1.16. The van der Waals surface area contributed by atoms with Crippen LogP contribution in [-0.4, -0.2) is 24.1 Å². The summed E-state index contributed by atoms with van der Waals surface area (Å²) in [6.07, 6.45) is 0. The zero-order valence-corrected chi connectivity index (χ0v) is 6.50. The van der Waals surface area contributed by atoms with Crippen molar-refractivity contribution in [3.63, 3.8) is 0 Å². The van der Waals surface area contributed by atoms with E-state index in [9.17, 15) is 4.39 Å². The molecule has 0 spiro atoms. The number of anilines is 1. The molecule has 0 saturated heterocycles. The normalized spacial score (nSPS) is 10.2. The molecule has 1 heterocycles. The molecule has 4 heteroatoms. The van der Waals surface area contributed by atoms with E-state index in [4.69, 9.17) is 0 Å². The third-order valence-electron chi connectivity index (χ3n) is 1.05. The molecule has 1 aromatic heterocycles. The topological polar surface area (TPSA) is 28.2 Å². The molecule has 0 unspecified atom stereocenters. The fourth-order valence-corrected chi connectivity index (χ4v) is 0.700. The lowest BCUT2D eigenvalue weighted by Gasteiger charge is -2.11. The Bertz CT molecular complexity index is 237. The van der Waals surface area contributed by atoms with Crippen molar-refractivity contribution < 1.29 is 4.39 Å². The Morgan fingerprint density at radius 1 is 1.45 bits per heavy atom. The van der Waals surface area contributed by atoms with Gasteiger partial charge in [0.15, 0.2) is 0 Å². The Kier molecular flexibility index (Phi) is 2.38. The lowest BCUT2D eigenvalue weighted by atomic mass is 10.5. The number of aromatic nitrogens is 1. The molecule has 0 atom stereocenters. The summed E-state index contributed by atoms with van der Waals surface area (Å²) in [6, 6.07) is 4.61. The third kappa shape index (κ3) is 2.51. The van der Waals surface area contributed by atoms with E-state index in [0.29, 0.717) is 5.82 Å². The smallest absolute Gasteiger partial charge is 0.214 e. The fourth-order valence-electron chi connectivity index (χ4n) is 0.700. The summed E-state index contributed by atoms with van der Waals surface area (Å²) >= 11 is 0. The van der Waals surface area contributed by atoms with Crippen LogP contribution < -0.4 is 5.43 Å². The number of halogens is 1. The molecule has 1 N–H and O–H groups in total. The van der Waals surface area contributed by atoms with Gasteiger partial charge in [-0.3, -0.25) is 0 Å². The minimum Gasteiger partial charge on any atom is -0.304 e. The quantitative estimate of drug-likeness (QED) is 0.512. The highest BCUT2D eigenvalue weighted by Gasteiger charge is 1.94. The van der Waals surface area contributed by atoms with Crippen molar-refractivity contribution >= 4 is 5.82 Å². The van der Waals surface area contributed by atoms with Gasteiger partial charge in [0.05, 0.1) is 0 Å². The second-order valence-electron chi connectivity index (χ2n) is 2.35. The molecule has 0 fully saturated rings. The molecule has 1 aromatic rings. The molecule has 0 aliphatic heterocycles. The van der Waals surface area contributed by atoms with Crippen LogP contribution in [0.1, 0.15) is 0 Å². The first kappa shape index (κ1) is 7.94. The van der Waals surface area contributed by atoms with Crippen LogP contribution in [0.2, 0.25) is 0 Å². The van der Waals surface area contributed by atoms with Crippen molar-refractivity contribution in [1.82, 2.24) is 9.99 Å². The molecule has 1 rings (SSSR count). The molecule has 0 bridgehead atoms. The number of pyridine rings is 1. The molecule has 60 valence electrons. The van der Waals surface area contributed by atoms with Gasteiger partial charge in [0, 0.05) is 14.1 Å². The molecular weight excluding hydrogens is 145 g/mol. The zero-order valence-electron chi connectivity index (χ0n) is 6.50. The summed E-state index contributed by atoms with van der Waals surface area (Å²) in [5.41, 5.74) is 2.83. The highest BCUT2D eigenvalue weighted by molar-refractivity contribution is 5.31. The molecule has 3 nitrogen and oxygen atoms in total. The lowest BCUT2D eigenvalue weighted by molar-refractivity contribution is 0.488. The van der Waals surface area contributed by atoms with Crippen molar-refractivity contribution in [3.05, 3.63) is 24.1 Å². The maximum absolute atomic E-state index is 12.4. The first-order valence-corrected chi connectivity index (χ1v) is 3.25. The molecule has 0 radical (unpaired) electrons. The summed E-state index contributed by atoms with van der Waals surface area (Å²) in [5, 5.41) is 1.70. The van der Waals surface area contributed by atoms with Crippen LogP contribution in [-0.2, 0) is 0 Å². The Morgan fingerprint density at radius 2 is 2.18 bits per heavy atom. The predicted molar refractivity (Wildman–Crippen MR) is 41.5 cm³/mol. The summed E-state index contributed by atoms with van der Waals surface area (Å²) in [4.78, 5) is 3.59. The van der Waals surface area contributed by atoms with E-state index in [1.54, 1.807) is 17.1 Å². The van der Waals surface area contributed by atoms with Crippen molar-refractivity contribution in [1.29, 1.82) is 0 Å². The van der Waals surface area contributed by atoms with E-state index in [1.165, 1.54) is 6.07 Å². The molecule has 11 heavy (non-hydrogen) atoms. The van der Waals surface area contributed by atoms with Crippen LogP contribution >= 0.6 is 0 Å². The summed E-state index contributed by atoms with van der Waals surface area (Å²) in [5.74, 6) is 0.0341. The third-order valence-corrected chi connectivity index (χ3v) is 1.05. The van der Waals surface area contributed by atoms with Crippen molar-refractivity contribution in [3.8, 4) is 0 Å². The van der Waals surface area contributed by atoms with Crippen molar-refractivity contribution in [2.45, 2.75) is 0 Å². The van der Waals surface area contributed by atoms with Gasteiger partial charge in [0.1, 0.15) is 5.82 Å². The molecule has 0 aliphatic rings. The molecular formula is C7H10FN3. The maximum atomic E-state index is 12.4. The average molecular weight is 155 g/mol. The lowest BCUT2D eigenvalue weighted by Crippen LogP contribution is -2.20. The van der Waals surface area contributed by atoms with Gasteiger partial charge >= 0.3 is 0 Å². The van der Waals surface area contributed by atoms with Crippen LogP contribution in [0.3, 0.4) is 0 Å². The molecule has 0 amide bonds. The van der Waals surface area contributed by atoms with Crippen LogP contribution in [0.15, 0.2) is 18.2 Å². The molecule has 0 saturated carbocycles. The van der Waals surface area contributed by atoms with Gasteiger partial charge in [-0.25, -0.2) is 9.99 Å². The van der Waals surface area contributed by atoms with Crippen molar-refractivity contribution in [2.75, 3.05) is 19.5 Å². The van der Waals surface area contributed by atoms with Crippen LogP contribution in [0.4, 0.5) is 10.2 Å². The van der Waals surface area contributed by atoms with E-state index in [1.807, 2.05) is 14.1 Å². The van der Waals surface area contributed by atoms with Gasteiger partial charge in [-0.05, 0) is 12.1 Å². The van der Waals surface area contributed by atoms with E-state index < -0.39 is 5.95 Å². The van der Waals surface area contributed by atoms with Crippen LogP contribution in [0.25, 0.3) is 0 Å². The minimum atomic E-state index is -0.475. The molecule has 0 aromatic carbocycles. The summed E-state index contributed by atoms with van der Waals surface area (Å²) in [6.45, 7) is 0. The Morgan fingerprint density at radius 3 is 2.73 bits per heavy atom. The van der Waals surface area contributed by atoms with E-state index in [2.05, 4.69) is 10.4 Å². The highest BCUT2D eigenvalue weighted by atomic mass is 19.1. The van der Waals surface area contributed by atoms with Gasteiger partial charge in [-0.2, -0.15) is 4.39 Å². The second-order valence-corrected chi connectivity index (χ2v) is 2.35. The van der Waals surface area contributed by atoms with Gasteiger partial charge in [0.2, 0.25) is 5.95 Å². The fraction of sp³-hybridized carbons (Fsp3) is 0.286. The number of nitrogens with one attached hydrogen (secondary N) is 1. The highest BCUT2D eigenvalue weighted by Crippen LogP contribution is 2.02. The predicted octanol–water partition coefficient (Wildman–Crippen LogP) is 1.11. The summed E-state index contributed by atoms with van der Waals surface area (Å²) in [7, 11) is 3.62. The van der Waals surface area contributed by atoms with Crippen LogP contribution in [0.5, 0.6) is 0 Å². The average Bonchev–Trinajstić information content (AvgIpc) is 1.85. The van der Waals surface area contributed by atoms with Crippen LogP contribution in [0, 0.1) is 5.95 Å². The van der Waals surface area contributed by atoms with Gasteiger partial charge in [-0.1, -0.05) is 6.07 Å². The second kappa shape index (κ2) is 3.30. The number of hydrazine groups is 1. The van der Waals surface area contributed by atoms with Gasteiger partial charge < -0.3 is 5.43 Å².